The molecule has 2 atom stereocenters. The number of pyridine rings is 1. The van der Waals surface area contributed by atoms with Gasteiger partial charge in [-0.25, -0.2) is 0 Å². The second kappa shape index (κ2) is 9.18. The topological polar surface area (TPSA) is 71.5 Å². The molecular formula is C24H22ClN3O3. The first kappa shape index (κ1) is 20.9. The molecule has 31 heavy (non-hydrogen) atoms. The third kappa shape index (κ3) is 4.54. The number of aromatic nitrogens is 1. The molecule has 4 rings (SSSR count). The number of amides is 2. The highest BCUT2D eigenvalue weighted by Gasteiger charge is 2.37. The lowest BCUT2D eigenvalue weighted by molar-refractivity contribution is -0.126. The Morgan fingerprint density at radius 2 is 1.94 bits per heavy atom. The van der Waals surface area contributed by atoms with Crippen molar-refractivity contribution in [1.29, 1.82) is 0 Å². The second-order valence-corrected chi connectivity index (χ2v) is 7.76. The highest BCUT2D eigenvalue weighted by atomic mass is 35.5. The molecule has 1 aromatic heterocycles. The van der Waals surface area contributed by atoms with Crippen molar-refractivity contribution in [2.24, 2.45) is 5.92 Å². The Balaban J connectivity index is 1.55. The molecule has 0 bridgehead atoms. The normalized spacial score (nSPS) is 16.8. The van der Waals surface area contributed by atoms with Gasteiger partial charge in [0.1, 0.15) is 5.75 Å². The molecule has 7 heteroatoms. The summed E-state index contributed by atoms with van der Waals surface area (Å²) in [5.41, 5.74) is 2.23. The number of hydrogen-bond donors (Lipinski definition) is 1. The van der Waals surface area contributed by atoms with Crippen LogP contribution in [0.2, 0.25) is 5.02 Å². The number of carbonyl (C=O) groups is 2. The molecule has 0 aliphatic carbocycles. The zero-order chi connectivity index (χ0) is 21.8. The van der Waals surface area contributed by atoms with Crippen LogP contribution < -0.4 is 15.0 Å². The van der Waals surface area contributed by atoms with Gasteiger partial charge in [-0.1, -0.05) is 48.0 Å². The van der Waals surface area contributed by atoms with E-state index in [0.717, 1.165) is 11.3 Å². The van der Waals surface area contributed by atoms with Crippen molar-refractivity contribution in [3.63, 3.8) is 0 Å². The predicted molar refractivity (Wildman–Crippen MR) is 119 cm³/mol. The number of nitrogens with one attached hydrogen (secondary N) is 1. The quantitative estimate of drug-likeness (QED) is 0.635. The summed E-state index contributed by atoms with van der Waals surface area (Å²) in [5.74, 6) is -0.299. The zero-order valence-electron chi connectivity index (χ0n) is 17.0. The summed E-state index contributed by atoms with van der Waals surface area (Å²) in [4.78, 5) is 31.9. The minimum atomic E-state index is -0.494. The van der Waals surface area contributed by atoms with Crippen LogP contribution in [0, 0.1) is 5.92 Å². The van der Waals surface area contributed by atoms with Crippen molar-refractivity contribution < 1.29 is 14.3 Å². The summed E-state index contributed by atoms with van der Waals surface area (Å²) < 4.78 is 5.38. The van der Waals surface area contributed by atoms with Gasteiger partial charge in [-0.2, -0.15) is 0 Å². The molecule has 1 fully saturated rings. The number of halogens is 1. The van der Waals surface area contributed by atoms with E-state index in [4.69, 9.17) is 16.3 Å². The summed E-state index contributed by atoms with van der Waals surface area (Å²) >= 11 is 6.12. The first-order chi connectivity index (χ1) is 15.1. The maximum atomic E-state index is 13.2. The average molecular weight is 436 g/mol. The molecule has 1 aliphatic rings. The number of nitrogens with zero attached hydrogens (tertiary/aromatic N) is 2. The van der Waals surface area contributed by atoms with Crippen molar-refractivity contribution in [3.8, 4) is 5.75 Å². The van der Waals surface area contributed by atoms with Crippen LogP contribution in [0.1, 0.15) is 23.7 Å². The smallest absolute Gasteiger partial charge is 0.227 e. The number of methoxy groups -OCH3 is 1. The van der Waals surface area contributed by atoms with Gasteiger partial charge in [0.25, 0.3) is 0 Å². The van der Waals surface area contributed by atoms with Gasteiger partial charge >= 0.3 is 0 Å². The first-order valence-corrected chi connectivity index (χ1v) is 10.3. The lowest BCUT2D eigenvalue weighted by Gasteiger charge is -2.22. The van der Waals surface area contributed by atoms with Gasteiger partial charge in [0, 0.05) is 24.2 Å². The van der Waals surface area contributed by atoms with Gasteiger partial charge in [0.2, 0.25) is 11.8 Å². The van der Waals surface area contributed by atoms with Crippen LogP contribution >= 0.6 is 11.6 Å². The molecule has 0 saturated carbocycles. The van der Waals surface area contributed by atoms with E-state index in [1.54, 1.807) is 29.3 Å². The lowest BCUT2D eigenvalue weighted by Crippen LogP contribution is -2.36. The van der Waals surface area contributed by atoms with Gasteiger partial charge in [0.05, 0.1) is 30.5 Å². The van der Waals surface area contributed by atoms with Gasteiger partial charge in [0.15, 0.2) is 0 Å². The van der Waals surface area contributed by atoms with Crippen molar-refractivity contribution >= 4 is 29.1 Å². The Morgan fingerprint density at radius 3 is 2.65 bits per heavy atom. The minimum Gasteiger partial charge on any atom is -0.495 e. The fraction of sp³-hybridized carbons (Fsp3) is 0.208. The molecule has 1 saturated heterocycles. The van der Waals surface area contributed by atoms with E-state index < -0.39 is 12.0 Å². The summed E-state index contributed by atoms with van der Waals surface area (Å²) in [5, 5.41) is 3.58. The Kier molecular flexibility index (Phi) is 6.18. The van der Waals surface area contributed by atoms with Crippen LogP contribution in [-0.4, -0.2) is 30.5 Å². The van der Waals surface area contributed by atoms with E-state index in [0.29, 0.717) is 16.5 Å². The number of carbonyl (C=O) groups excluding carboxylic acids is 2. The highest BCUT2D eigenvalue weighted by Crippen LogP contribution is 2.35. The van der Waals surface area contributed by atoms with Crippen LogP contribution in [0.5, 0.6) is 5.75 Å². The standard InChI is InChI=1S/C24H22ClN3O3/c1-31-21-11-10-18(25)14-20(21)28-15-17(13-22(28)29)24(30)27-23(16-7-3-2-4-8-16)19-9-5-6-12-26-19/h2-12,14,17,23H,13,15H2,1H3,(H,27,30). The molecule has 2 heterocycles. The van der Waals surface area contributed by atoms with E-state index in [1.165, 1.54) is 7.11 Å². The summed E-state index contributed by atoms with van der Waals surface area (Å²) in [6.45, 7) is 0.255. The van der Waals surface area contributed by atoms with Crippen LogP contribution in [0.25, 0.3) is 0 Å². The third-order valence-electron chi connectivity index (χ3n) is 5.33. The molecule has 6 nitrogen and oxygen atoms in total. The molecule has 1 N–H and O–H groups in total. The second-order valence-electron chi connectivity index (χ2n) is 7.33. The fourth-order valence-electron chi connectivity index (χ4n) is 3.77. The molecule has 0 spiro atoms. The minimum absolute atomic E-state index is 0.116. The van der Waals surface area contributed by atoms with Crippen LogP contribution in [0.4, 0.5) is 5.69 Å². The van der Waals surface area contributed by atoms with E-state index >= 15 is 0 Å². The van der Waals surface area contributed by atoms with Gasteiger partial charge in [-0.3, -0.25) is 14.6 Å². The monoisotopic (exact) mass is 435 g/mol. The molecule has 2 aromatic carbocycles. The number of hydrogen-bond acceptors (Lipinski definition) is 4. The Hall–Kier alpha value is -3.38. The van der Waals surface area contributed by atoms with Crippen LogP contribution in [0.3, 0.4) is 0 Å². The molecule has 2 unspecified atom stereocenters. The molecular weight excluding hydrogens is 414 g/mol. The highest BCUT2D eigenvalue weighted by molar-refractivity contribution is 6.31. The molecule has 1 aliphatic heterocycles. The SMILES string of the molecule is COc1ccc(Cl)cc1N1CC(C(=O)NC(c2ccccc2)c2ccccn2)CC1=O. The van der Waals surface area contributed by atoms with Crippen LogP contribution in [-0.2, 0) is 9.59 Å². The molecule has 158 valence electrons. The van der Waals surface area contributed by atoms with Crippen molar-refractivity contribution in [2.75, 3.05) is 18.6 Å². The summed E-state index contributed by atoms with van der Waals surface area (Å²) in [7, 11) is 1.54. The van der Waals surface area contributed by atoms with Gasteiger partial charge in [-0.05, 0) is 35.9 Å². The third-order valence-corrected chi connectivity index (χ3v) is 5.57. The Morgan fingerprint density at radius 1 is 1.16 bits per heavy atom. The average Bonchev–Trinajstić information content (AvgIpc) is 3.20. The summed E-state index contributed by atoms with van der Waals surface area (Å²) in [6, 6.07) is 19.9. The van der Waals surface area contributed by atoms with E-state index in [1.807, 2.05) is 48.5 Å². The molecule has 2 amide bonds. The largest absolute Gasteiger partial charge is 0.495 e. The zero-order valence-corrected chi connectivity index (χ0v) is 17.8. The van der Waals surface area contributed by atoms with E-state index in [-0.39, 0.29) is 24.8 Å². The Bertz CT molecular complexity index is 1040. The number of ether oxygens (including phenoxy) is 1. The predicted octanol–water partition coefficient (Wildman–Crippen LogP) is 4.00. The number of anilines is 1. The fourth-order valence-corrected chi connectivity index (χ4v) is 3.94. The van der Waals surface area contributed by atoms with E-state index in [2.05, 4.69) is 10.3 Å². The lowest BCUT2D eigenvalue weighted by atomic mass is 10.0. The van der Waals surface area contributed by atoms with Crippen molar-refractivity contribution in [1.82, 2.24) is 10.3 Å². The summed E-state index contributed by atoms with van der Waals surface area (Å²) in [6.07, 6.45) is 1.81. The van der Waals surface area contributed by atoms with Crippen molar-refractivity contribution in [2.45, 2.75) is 12.5 Å². The van der Waals surface area contributed by atoms with E-state index in [9.17, 15) is 9.59 Å². The number of benzene rings is 2. The maximum Gasteiger partial charge on any atom is 0.227 e. The molecule has 3 aromatic rings. The van der Waals surface area contributed by atoms with Gasteiger partial charge < -0.3 is 15.0 Å². The first-order valence-electron chi connectivity index (χ1n) is 9.97. The number of rotatable bonds is 6. The molecule has 0 radical (unpaired) electrons. The van der Waals surface area contributed by atoms with Crippen molar-refractivity contribution in [3.05, 3.63) is 89.2 Å². The van der Waals surface area contributed by atoms with Gasteiger partial charge in [-0.15, -0.1) is 0 Å². The van der Waals surface area contributed by atoms with Crippen LogP contribution in [0.15, 0.2) is 72.9 Å². The maximum absolute atomic E-state index is 13.2. The Labute approximate surface area is 185 Å².